The average Bonchev–Trinajstić information content (AvgIpc) is 2.83. The number of likely N-dealkylation sites (tertiary alicyclic amines) is 1. The fourth-order valence-corrected chi connectivity index (χ4v) is 2.72. The van der Waals surface area contributed by atoms with E-state index in [0.29, 0.717) is 6.61 Å². The Balaban J connectivity index is 1.88. The predicted octanol–water partition coefficient (Wildman–Crippen LogP) is 2.67. The number of ether oxygens (including phenoxy) is 1. The summed E-state index contributed by atoms with van der Waals surface area (Å²) in [7, 11) is 2.08. The monoisotopic (exact) mass is 354 g/mol. The summed E-state index contributed by atoms with van der Waals surface area (Å²) in [6, 6.07) is 7.93. The molecule has 1 fully saturated rings. The number of rotatable bonds is 5. The number of hydrogen-bond donors (Lipinski definition) is 1. The SMILES string of the molecule is CN1CCC(NC(=O)C(C)(C)COc2ccccc2Br)C1. The van der Waals surface area contributed by atoms with Gasteiger partial charge in [0.05, 0.1) is 9.89 Å². The van der Waals surface area contributed by atoms with Crippen molar-refractivity contribution in [3.05, 3.63) is 28.7 Å². The summed E-state index contributed by atoms with van der Waals surface area (Å²) in [5.41, 5.74) is -0.559. The number of hydrogen-bond acceptors (Lipinski definition) is 3. The Bertz CT molecular complexity index is 505. The molecule has 1 atom stereocenters. The van der Waals surface area contributed by atoms with Crippen LogP contribution in [0.1, 0.15) is 20.3 Å². The molecule has 1 saturated heterocycles. The number of likely N-dealkylation sites (N-methyl/N-ethyl adjacent to an activating group) is 1. The molecule has 2 rings (SSSR count). The maximum absolute atomic E-state index is 12.4. The third-order valence-electron chi connectivity index (χ3n) is 3.77. The van der Waals surface area contributed by atoms with Crippen LogP contribution in [-0.4, -0.2) is 43.6 Å². The third kappa shape index (κ3) is 4.45. The zero-order chi connectivity index (χ0) is 15.5. The molecule has 1 amide bonds. The van der Waals surface area contributed by atoms with Crippen molar-refractivity contribution in [2.24, 2.45) is 5.41 Å². The van der Waals surface area contributed by atoms with Gasteiger partial charge in [-0.15, -0.1) is 0 Å². The van der Waals surface area contributed by atoms with Crippen molar-refractivity contribution < 1.29 is 9.53 Å². The normalized spacial score (nSPS) is 19.5. The first-order chi connectivity index (χ1) is 9.88. The zero-order valence-electron chi connectivity index (χ0n) is 12.9. The Morgan fingerprint density at radius 2 is 2.19 bits per heavy atom. The molecular weight excluding hydrogens is 332 g/mol. The molecule has 1 aliphatic rings. The van der Waals surface area contributed by atoms with Crippen molar-refractivity contribution in [3.8, 4) is 5.75 Å². The van der Waals surface area contributed by atoms with Gasteiger partial charge in [0.25, 0.3) is 0 Å². The molecule has 0 aromatic heterocycles. The smallest absolute Gasteiger partial charge is 0.229 e. The van der Waals surface area contributed by atoms with E-state index in [1.165, 1.54) is 0 Å². The van der Waals surface area contributed by atoms with Gasteiger partial charge < -0.3 is 15.0 Å². The van der Waals surface area contributed by atoms with E-state index in [2.05, 4.69) is 33.2 Å². The first kappa shape index (κ1) is 16.3. The Kier molecular flexibility index (Phi) is 5.27. The maximum atomic E-state index is 12.4. The largest absolute Gasteiger partial charge is 0.491 e. The second-order valence-corrected chi connectivity index (χ2v) is 7.18. The molecule has 1 heterocycles. The minimum atomic E-state index is -0.559. The molecule has 1 unspecified atom stereocenters. The number of carbonyl (C=O) groups excluding carboxylic acids is 1. The van der Waals surface area contributed by atoms with Crippen LogP contribution in [0, 0.1) is 5.41 Å². The molecule has 5 heteroatoms. The maximum Gasteiger partial charge on any atom is 0.229 e. The lowest BCUT2D eigenvalue weighted by Gasteiger charge is -2.26. The highest BCUT2D eigenvalue weighted by molar-refractivity contribution is 9.10. The van der Waals surface area contributed by atoms with Gasteiger partial charge >= 0.3 is 0 Å². The number of nitrogens with one attached hydrogen (secondary N) is 1. The minimum Gasteiger partial charge on any atom is -0.491 e. The number of para-hydroxylation sites is 1. The van der Waals surface area contributed by atoms with Crippen LogP contribution in [0.3, 0.4) is 0 Å². The molecule has 116 valence electrons. The van der Waals surface area contributed by atoms with Gasteiger partial charge in [-0.3, -0.25) is 4.79 Å². The lowest BCUT2D eigenvalue weighted by Crippen LogP contribution is -2.46. The quantitative estimate of drug-likeness (QED) is 0.883. The predicted molar refractivity (Wildman–Crippen MR) is 87.5 cm³/mol. The highest BCUT2D eigenvalue weighted by Gasteiger charge is 2.32. The molecule has 0 bridgehead atoms. The van der Waals surface area contributed by atoms with Gasteiger partial charge in [0.1, 0.15) is 12.4 Å². The summed E-state index contributed by atoms with van der Waals surface area (Å²) in [5.74, 6) is 0.814. The first-order valence-corrected chi connectivity index (χ1v) is 8.04. The summed E-state index contributed by atoms with van der Waals surface area (Å²) in [6.45, 7) is 6.14. The molecule has 0 aliphatic carbocycles. The van der Waals surface area contributed by atoms with Crippen molar-refractivity contribution in [1.29, 1.82) is 0 Å². The molecule has 1 aliphatic heterocycles. The van der Waals surface area contributed by atoms with Gasteiger partial charge in [-0.2, -0.15) is 0 Å². The average molecular weight is 355 g/mol. The Morgan fingerprint density at radius 3 is 2.81 bits per heavy atom. The fraction of sp³-hybridized carbons (Fsp3) is 0.562. The Hall–Kier alpha value is -1.07. The van der Waals surface area contributed by atoms with Crippen LogP contribution in [-0.2, 0) is 4.79 Å². The van der Waals surface area contributed by atoms with E-state index in [0.717, 1.165) is 29.7 Å². The number of benzene rings is 1. The highest BCUT2D eigenvalue weighted by atomic mass is 79.9. The van der Waals surface area contributed by atoms with E-state index in [4.69, 9.17) is 4.74 Å². The minimum absolute atomic E-state index is 0.0508. The third-order valence-corrected chi connectivity index (χ3v) is 4.42. The van der Waals surface area contributed by atoms with E-state index in [9.17, 15) is 4.79 Å². The van der Waals surface area contributed by atoms with Crippen LogP contribution in [0.5, 0.6) is 5.75 Å². The van der Waals surface area contributed by atoms with Crippen molar-refractivity contribution in [3.63, 3.8) is 0 Å². The van der Waals surface area contributed by atoms with Crippen LogP contribution >= 0.6 is 15.9 Å². The molecule has 1 aromatic carbocycles. The topological polar surface area (TPSA) is 41.6 Å². The molecule has 1 aromatic rings. The molecule has 21 heavy (non-hydrogen) atoms. The van der Waals surface area contributed by atoms with Crippen molar-refractivity contribution in [2.45, 2.75) is 26.3 Å². The molecule has 0 radical (unpaired) electrons. The van der Waals surface area contributed by atoms with E-state index in [1.54, 1.807) is 0 Å². The van der Waals surface area contributed by atoms with Crippen molar-refractivity contribution >= 4 is 21.8 Å². The van der Waals surface area contributed by atoms with Crippen LogP contribution in [0.15, 0.2) is 28.7 Å². The van der Waals surface area contributed by atoms with Crippen LogP contribution in [0.4, 0.5) is 0 Å². The van der Waals surface area contributed by atoms with E-state index in [1.807, 2.05) is 38.1 Å². The lowest BCUT2D eigenvalue weighted by atomic mass is 9.93. The number of halogens is 1. The molecular formula is C16H23BrN2O2. The molecule has 0 spiro atoms. The highest BCUT2D eigenvalue weighted by Crippen LogP contribution is 2.26. The molecule has 0 saturated carbocycles. The van der Waals surface area contributed by atoms with Crippen molar-refractivity contribution in [2.75, 3.05) is 26.7 Å². The van der Waals surface area contributed by atoms with Gasteiger partial charge in [0.2, 0.25) is 5.91 Å². The number of carbonyl (C=O) groups is 1. The van der Waals surface area contributed by atoms with Gasteiger partial charge in [-0.05, 0) is 61.9 Å². The van der Waals surface area contributed by atoms with Gasteiger partial charge in [0, 0.05) is 12.6 Å². The van der Waals surface area contributed by atoms with Crippen LogP contribution in [0.2, 0.25) is 0 Å². The number of nitrogens with zero attached hydrogens (tertiary/aromatic N) is 1. The molecule has 1 N–H and O–H groups in total. The van der Waals surface area contributed by atoms with Crippen LogP contribution < -0.4 is 10.1 Å². The summed E-state index contributed by atoms with van der Waals surface area (Å²) in [6.07, 6.45) is 1.02. The van der Waals surface area contributed by atoms with E-state index >= 15 is 0 Å². The second kappa shape index (κ2) is 6.79. The lowest BCUT2D eigenvalue weighted by molar-refractivity contribution is -0.131. The van der Waals surface area contributed by atoms with Gasteiger partial charge in [-0.1, -0.05) is 12.1 Å². The van der Waals surface area contributed by atoms with E-state index < -0.39 is 5.41 Å². The fourth-order valence-electron chi connectivity index (χ4n) is 2.32. The zero-order valence-corrected chi connectivity index (χ0v) is 14.4. The number of amides is 1. The first-order valence-electron chi connectivity index (χ1n) is 7.25. The second-order valence-electron chi connectivity index (χ2n) is 6.32. The van der Waals surface area contributed by atoms with Crippen LogP contribution in [0.25, 0.3) is 0 Å². The van der Waals surface area contributed by atoms with Gasteiger partial charge in [0.15, 0.2) is 0 Å². The summed E-state index contributed by atoms with van der Waals surface area (Å²) >= 11 is 3.45. The van der Waals surface area contributed by atoms with Crippen molar-refractivity contribution in [1.82, 2.24) is 10.2 Å². The summed E-state index contributed by atoms with van der Waals surface area (Å²) < 4.78 is 6.69. The summed E-state index contributed by atoms with van der Waals surface area (Å²) in [4.78, 5) is 14.6. The summed E-state index contributed by atoms with van der Waals surface area (Å²) in [5, 5.41) is 3.13. The Labute approximate surface area is 135 Å². The Morgan fingerprint density at radius 1 is 1.48 bits per heavy atom. The van der Waals surface area contributed by atoms with Gasteiger partial charge in [-0.25, -0.2) is 0 Å². The molecule has 4 nitrogen and oxygen atoms in total. The standard InChI is InChI=1S/C16H23BrN2O2/c1-16(2,11-21-14-7-5-4-6-13(14)17)15(20)18-12-8-9-19(3)10-12/h4-7,12H,8-11H2,1-3H3,(H,18,20). The van der Waals surface area contributed by atoms with E-state index in [-0.39, 0.29) is 11.9 Å².